The Morgan fingerprint density at radius 1 is 1.14 bits per heavy atom. The molecule has 2 rings (SSSR count). The van der Waals surface area contributed by atoms with Gasteiger partial charge in [0, 0.05) is 12.1 Å². The fraction of sp³-hybridized carbons (Fsp3) is 0.235. The van der Waals surface area contributed by atoms with E-state index in [9.17, 15) is 9.18 Å². The van der Waals surface area contributed by atoms with Crippen LogP contribution in [0.3, 0.4) is 0 Å². The molecule has 0 heterocycles. The SMILES string of the molecule is O=C(NCCc1ccc(CO)c(F)c1)OCc1ccccc1. The summed E-state index contributed by atoms with van der Waals surface area (Å²) < 4.78 is 18.5. The molecular weight excluding hydrogens is 285 g/mol. The molecule has 0 aliphatic heterocycles. The summed E-state index contributed by atoms with van der Waals surface area (Å²) in [5, 5.41) is 11.5. The van der Waals surface area contributed by atoms with Gasteiger partial charge in [-0.1, -0.05) is 42.5 Å². The van der Waals surface area contributed by atoms with Crippen molar-refractivity contribution in [2.45, 2.75) is 19.6 Å². The third kappa shape index (κ3) is 4.86. The Labute approximate surface area is 128 Å². The molecule has 0 fully saturated rings. The smallest absolute Gasteiger partial charge is 0.407 e. The Kier molecular flexibility index (Phi) is 5.91. The van der Waals surface area contributed by atoms with E-state index in [4.69, 9.17) is 9.84 Å². The van der Waals surface area contributed by atoms with Gasteiger partial charge in [0.15, 0.2) is 0 Å². The third-order valence-electron chi connectivity index (χ3n) is 3.18. The van der Waals surface area contributed by atoms with Crippen LogP contribution < -0.4 is 5.32 Å². The Morgan fingerprint density at radius 3 is 2.59 bits per heavy atom. The number of carbonyl (C=O) groups excluding carboxylic acids is 1. The first-order valence-electron chi connectivity index (χ1n) is 7.02. The zero-order chi connectivity index (χ0) is 15.8. The lowest BCUT2D eigenvalue weighted by Crippen LogP contribution is -2.26. The van der Waals surface area contributed by atoms with Crippen LogP contribution in [0.4, 0.5) is 9.18 Å². The highest BCUT2D eigenvalue weighted by Gasteiger charge is 2.05. The summed E-state index contributed by atoms with van der Waals surface area (Å²) in [4.78, 5) is 11.5. The number of aliphatic hydroxyl groups excluding tert-OH is 1. The molecule has 2 aromatic rings. The lowest BCUT2D eigenvalue weighted by atomic mass is 10.1. The lowest BCUT2D eigenvalue weighted by Gasteiger charge is -2.08. The summed E-state index contributed by atoms with van der Waals surface area (Å²) in [5.74, 6) is -0.438. The Balaban J connectivity index is 1.72. The van der Waals surface area contributed by atoms with E-state index in [2.05, 4.69) is 5.32 Å². The summed E-state index contributed by atoms with van der Waals surface area (Å²) in [6.45, 7) is 0.244. The fourth-order valence-corrected chi connectivity index (χ4v) is 1.96. The van der Waals surface area contributed by atoms with Gasteiger partial charge in [0.25, 0.3) is 0 Å². The Hall–Kier alpha value is -2.40. The van der Waals surface area contributed by atoms with Gasteiger partial charge < -0.3 is 15.2 Å². The van der Waals surface area contributed by atoms with E-state index in [1.54, 1.807) is 12.1 Å². The number of alkyl carbamates (subject to hydrolysis) is 1. The zero-order valence-corrected chi connectivity index (χ0v) is 12.1. The minimum Gasteiger partial charge on any atom is -0.445 e. The molecule has 116 valence electrons. The van der Waals surface area contributed by atoms with Crippen molar-refractivity contribution in [3.8, 4) is 0 Å². The molecule has 0 saturated heterocycles. The monoisotopic (exact) mass is 303 g/mol. The molecule has 0 unspecified atom stereocenters. The van der Waals surface area contributed by atoms with Crippen molar-refractivity contribution in [3.63, 3.8) is 0 Å². The first-order valence-corrected chi connectivity index (χ1v) is 7.02. The highest BCUT2D eigenvalue weighted by Crippen LogP contribution is 2.10. The van der Waals surface area contributed by atoms with Crippen LogP contribution in [-0.4, -0.2) is 17.7 Å². The van der Waals surface area contributed by atoms with Crippen molar-refractivity contribution in [3.05, 3.63) is 71.0 Å². The number of nitrogens with one attached hydrogen (secondary N) is 1. The second-order valence-electron chi connectivity index (χ2n) is 4.82. The van der Waals surface area contributed by atoms with Gasteiger partial charge in [0.2, 0.25) is 0 Å². The summed E-state index contributed by atoms with van der Waals surface area (Å²) in [7, 11) is 0. The molecule has 2 aromatic carbocycles. The van der Waals surface area contributed by atoms with Gasteiger partial charge in [-0.05, 0) is 23.6 Å². The van der Waals surface area contributed by atoms with Gasteiger partial charge in [-0.2, -0.15) is 0 Å². The van der Waals surface area contributed by atoms with Crippen molar-refractivity contribution >= 4 is 6.09 Å². The van der Waals surface area contributed by atoms with Crippen molar-refractivity contribution in [2.75, 3.05) is 6.54 Å². The number of carbonyl (C=O) groups is 1. The van der Waals surface area contributed by atoms with Crippen molar-refractivity contribution < 1.29 is 19.0 Å². The first kappa shape index (κ1) is 16.0. The van der Waals surface area contributed by atoms with Crippen molar-refractivity contribution in [1.82, 2.24) is 5.32 Å². The van der Waals surface area contributed by atoms with E-state index in [1.807, 2.05) is 30.3 Å². The number of hydrogen-bond acceptors (Lipinski definition) is 3. The van der Waals surface area contributed by atoms with Crippen LogP contribution in [0.5, 0.6) is 0 Å². The maximum absolute atomic E-state index is 13.5. The summed E-state index contributed by atoms with van der Waals surface area (Å²) in [5.41, 5.74) is 1.93. The van der Waals surface area contributed by atoms with Crippen LogP contribution in [0.1, 0.15) is 16.7 Å². The van der Waals surface area contributed by atoms with Crippen LogP contribution in [0.2, 0.25) is 0 Å². The number of amides is 1. The highest BCUT2D eigenvalue weighted by molar-refractivity contribution is 5.67. The van der Waals surface area contributed by atoms with Gasteiger partial charge in [-0.25, -0.2) is 9.18 Å². The quantitative estimate of drug-likeness (QED) is 0.862. The van der Waals surface area contributed by atoms with Gasteiger partial charge in [0.1, 0.15) is 12.4 Å². The van der Waals surface area contributed by atoms with E-state index < -0.39 is 11.9 Å². The Morgan fingerprint density at radius 2 is 1.91 bits per heavy atom. The molecule has 4 nitrogen and oxygen atoms in total. The van der Waals surface area contributed by atoms with Gasteiger partial charge in [-0.3, -0.25) is 0 Å². The van der Waals surface area contributed by atoms with E-state index in [-0.39, 0.29) is 18.8 Å². The second-order valence-corrected chi connectivity index (χ2v) is 4.82. The van der Waals surface area contributed by atoms with Crippen molar-refractivity contribution in [1.29, 1.82) is 0 Å². The van der Waals surface area contributed by atoms with E-state index >= 15 is 0 Å². The topological polar surface area (TPSA) is 58.6 Å². The standard InChI is InChI=1S/C17H18FNO3/c18-16-10-13(6-7-15(16)11-20)8-9-19-17(21)22-12-14-4-2-1-3-5-14/h1-7,10,20H,8-9,11-12H2,(H,19,21). The van der Waals surface area contributed by atoms with Gasteiger partial charge in [0.05, 0.1) is 6.61 Å². The molecule has 0 radical (unpaired) electrons. The maximum Gasteiger partial charge on any atom is 0.407 e. The predicted molar refractivity (Wildman–Crippen MR) is 80.7 cm³/mol. The normalized spacial score (nSPS) is 10.3. The molecule has 0 atom stereocenters. The fourth-order valence-electron chi connectivity index (χ4n) is 1.96. The van der Waals surface area contributed by atoms with Crippen LogP contribution in [0.25, 0.3) is 0 Å². The Bertz CT molecular complexity index is 617. The summed E-state index contributed by atoms with van der Waals surface area (Å²) in [6, 6.07) is 14.0. The highest BCUT2D eigenvalue weighted by atomic mass is 19.1. The number of benzene rings is 2. The third-order valence-corrected chi connectivity index (χ3v) is 3.18. The zero-order valence-electron chi connectivity index (χ0n) is 12.1. The molecule has 1 amide bonds. The van der Waals surface area contributed by atoms with Gasteiger partial charge in [-0.15, -0.1) is 0 Å². The number of aliphatic hydroxyl groups is 1. The van der Waals surface area contributed by atoms with E-state index in [1.165, 1.54) is 6.07 Å². The van der Waals surface area contributed by atoms with E-state index in [0.29, 0.717) is 13.0 Å². The average Bonchev–Trinajstić information content (AvgIpc) is 2.54. The number of halogens is 1. The largest absolute Gasteiger partial charge is 0.445 e. The molecule has 0 spiro atoms. The molecule has 0 aliphatic carbocycles. The minimum atomic E-state index is -0.503. The lowest BCUT2D eigenvalue weighted by molar-refractivity contribution is 0.140. The summed E-state index contributed by atoms with van der Waals surface area (Å²) in [6.07, 6.45) is -0.0143. The van der Waals surface area contributed by atoms with Gasteiger partial charge >= 0.3 is 6.09 Å². The average molecular weight is 303 g/mol. The summed E-state index contributed by atoms with van der Waals surface area (Å²) >= 11 is 0. The maximum atomic E-state index is 13.5. The number of ether oxygens (including phenoxy) is 1. The van der Waals surface area contributed by atoms with Crippen LogP contribution >= 0.6 is 0 Å². The molecule has 2 N–H and O–H groups in total. The number of hydrogen-bond donors (Lipinski definition) is 2. The predicted octanol–water partition coefficient (Wildman–Crippen LogP) is 2.79. The molecule has 0 saturated carbocycles. The number of rotatable bonds is 6. The minimum absolute atomic E-state index is 0.215. The van der Waals surface area contributed by atoms with Crippen LogP contribution in [0.15, 0.2) is 48.5 Å². The van der Waals surface area contributed by atoms with Crippen LogP contribution in [0, 0.1) is 5.82 Å². The molecule has 22 heavy (non-hydrogen) atoms. The molecule has 5 heteroatoms. The van der Waals surface area contributed by atoms with Crippen molar-refractivity contribution in [2.24, 2.45) is 0 Å². The molecule has 0 bridgehead atoms. The molecular formula is C17H18FNO3. The van der Waals surface area contributed by atoms with Crippen LogP contribution in [-0.2, 0) is 24.4 Å². The molecule has 0 aliphatic rings. The van der Waals surface area contributed by atoms with E-state index in [0.717, 1.165) is 11.1 Å². The second kappa shape index (κ2) is 8.14. The first-order chi connectivity index (χ1) is 10.7. The molecule has 0 aromatic heterocycles.